The number of halogens is 5. The summed E-state index contributed by atoms with van der Waals surface area (Å²) in [5, 5.41) is 16.0. The molecule has 0 rings (SSSR count). The first-order valence-corrected chi connectivity index (χ1v) is 3.28. The maximum atomic E-state index is 12.7. The Labute approximate surface area is 71.0 Å². The third kappa shape index (κ3) is 1.91. The first-order chi connectivity index (χ1) is 5.62. The molecule has 0 saturated carbocycles. The van der Waals surface area contributed by atoms with Gasteiger partial charge in [0.05, 0.1) is 6.61 Å². The van der Waals surface area contributed by atoms with Gasteiger partial charge in [0.25, 0.3) is 0 Å². The van der Waals surface area contributed by atoms with Crippen LogP contribution in [-0.4, -0.2) is 40.9 Å². The maximum Gasteiger partial charge on any atom is 0.347 e. The second-order valence-electron chi connectivity index (χ2n) is 2.79. The summed E-state index contributed by atoms with van der Waals surface area (Å²) in [5.74, 6) is -10.00. The van der Waals surface area contributed by atoms with Gasteiger partial charge in [-0.1, -0.05) is 0 Å². The Morgan fingerprint density at radius 1 is 0.923 bits per heavy atom. The third-order valence-electron chi connectivity index (χ3n) is 1.61. The van der Waals surface area contributed by atoms with Crippen molar-refractivity contribution in [2.75, 3.05) is 13.2 Å². The van der Waals surface area contributed by atoms with Gasteiger partial charge in [0.1, 0.15) is 6.61 Å². The van der Waals surface area contributed by atoms with E-state index in [4.69, 9.17) is 10.2 Å². The lowest BCUT2D eigenvalue weighted by Crippen LogP contribution is -2.58. The van der Waals surface area contributed by atoms with Crippen LogP contribution in [0.2, 0.25) is 0 Å². The summed E-state index contributed by atoms with van der Waals surface area (Å²) in [5.41, 5.74) is -3.76. The summed E-state index contributed by atoms with van der Waals surface area (Å²) in [6.07, 6.45) is 0. The second-order valence-corrected chi connectivity index (χ2v) is 2.79. The molecule has 0 saturated heterocycles. The molecule has 0 radical (unpaired) electrons. The van der Waals surface area contributed by atoms with Gasteiger partial charge in [0.2, 0.25) is 0 Å². The molecule has 0 aromatic carbocycles. The lowest BCUT2D eigenvalue weighted by Gasteiger charge is -2.33. The molecule has 1 unspecified atom stereocenters. The van der Waals surface area contributed by atoms with E-state index in [1.54, 1.807) is 0 Å². The Morgan fingerprint density at radius 2 is 1.31 bits per heavy atom. The van der Waals surface area contributed by atoms with Gasteiger partial charge in [-0.2, -0.15) is 17.6 Å². The first-order valence-electron chi connectivity index (χ1n) is 3.28. The minimum atomic E-state index is -5.11. The molecule has 0 aromatic heterocycles. The molecule has 0 heterocycles. The van der Waals surface area contributed by atoms with Gasteiger partial charge in [0.15, 0.2) is 5.67 Å². The van der Waals surface area contributed by atoms with E-state index in [2.05, 4.69) is 0 Å². The van der Waals surface area contributed by atoms with Crippen molar-refractivity contribution in [1.29, 1.82) is 0 Å². The fourth-order valence-corrected chi connectivity index (χ4v) is 0.580. The van der Waals surface area contributed by atoms with Crippen LogP contribution < -0.4 is 0 Å². The average molecular weight is 208 g/mol. The van der Waals surface area contributed by atoms with Crippen LogP contribution in [0.15, 0.2) is 0 Å². The molecule has 0 aliphatic heterocycles. The van der Waals surface area contributed by atoms with E-state index in [0.717, 1.165) is 0 Å². The Bertz CT molecular complexity index is 162. The molecule has 80 valence electrons. The lowest BCUT2D eigenvalue weighted by atomic mass is 9.95. The zero-order valence-corrected chi connectivity index (χ0v) is 6.70. The van der Waals surface area contributed by atoms with Gasteiger partial charge in [-0.3, -0.25) is 0 Å². The van der Waals surface area contributed by atoms with Crippen molar-refractivity contribution >= 4 is 0 Å². The van der Waals surface area contributed by atoms with Crippen LogP contribution in [0.1, 0.15) is 6.92 Å². The molecule has 2 nitrogen and oxygen atoms in total. The quantitative estimate of drug-likeness (QED) is 0.676. The van der Waals surface area contributed by atoms with Crippen LogP contribution in [-0.2, 0) is 0 Å². The fourth-order valence-electron chi connectivity index (χ4n) is 0.580. The van der Waals surface area contributed by atoms with Gasteiger partial charge < -0.3 is 10.2 Å². The van der Waals surface area contributed by atoms with E-state index in [9.17, 15) is 22.0 Å². The third-order valence-corrected chi connectivity index (χ3v) is 1.61. The average Bonchev–Trinajstić information content (AvgIpc) is 2.03. The maximum absolute atomic E-state index is 12.7. The van der Waals surface area contributed by atoms with Crippen LogP contribution in [0.4, 0.5) is 22.0 Å². The predicted octanol–water partition coefficient (Wildman–Crippen LogP) is 0.970. The zero-order valence-electron chi connectivity index (χ0n) is 6.70. The van der Waals surface area contributed by atoms with Gasteiger partial charge in [0, 0.05) is 0 Å². The summed E-state index contributed by atoms with van der Waals surface area (Å²) < 4.78 is 62.3. The van der Waals surface area contributed by atoms with E-state index in [1.165, 1.54) is 0 Å². The number of alkyl halides is 5. The minimum absolute atomic E-state index is 0.135. The van der Waals surface area contributed by atoms with E-state index in [-0.39, 0.29) is 6.92 Å². The topological polar surface area (TPSA) is 40.5 Å². The van der Waals surface area contributed by atoms with E-state index < -0.39 is 30.7 Å². The molecule has 1 atom stereocenters. The van der Waals surface area contributed by atoms with Gasteiger partial charge in [-0.25, -0.2) is 4.39 Å². The summed E-state index contributed by atoms with van der Waals surface area (Å²) in [4.78, 5) is 0. The normalized spacial score (nSPS) is 18.5. The second kappa shape index (κ2) is 3.38. The minimum Gasteiger partial charge on any atom is -0.393 e. The summed E-state index contributed by atoms with van der Waals surface area (Å²) in [6.45, 7) is -3.80. The Kier molecular flexibility index (Phi) is 3.26. The zero-order chi connectivity index (χ0) is 10.9. The number of aliphatic hydroxyl groups is 2. The van der Waals surface area contributed by atoms with Crippen molar-refractivity contribution < 1.29 is 32.2 Å². The highest BCUT2D eigenvalue weighted by Gasteiger charge is 2.67. The van der Waals surface area contributed by atoms with Crippen LogP contribution >= 0.6 is 0 Å². The van der Waals surface area contributed by atoms with Crippen LogP contribution in [0, 0.1) is 0 Å². The van der Waals surface area contributed by atoms with E-state index in [1.807, 2.05) is 0 Å². The SMILES string of the molecule is CC(F)(CO)C(F)(F)C(F)(F)CO. The number of rotatable bonds is 4. The molecular weight excluding hydrogens is 199 g/mol. The molecule has 0 fully saturated rings. The summed E-state index contributed by atoms with van der Waals surface area (Å²) in [7, 11) is 0. The number of hydrogen-bond acceptors (Lipinski definition) is 2. The van der Waals surface area contributed by atoms with Crippen molar-refractivity contribution in [3.05, 3.63) is 0 Å². The standard InChI is InChI=1S/C6H9F5O2/c1-4(7,2-12)6(10,11)5(8,9)3-13/h12-13H,2-3H2,1H3. The number of aliphatic hydroxyl groups excluding tert-OH is 2. The van der Waals surface area contributed by atoms with Gasteiger partial charge in [-0.05, 0) is 6.92 Å². The van der Waals surface area contributed by atoms with Crippen molar-refractivity contribution in [3.8, 4) is 0 Å². The van der Waals surface area contributed by atoms with Crippen LogP contribution in [0.25, 0.3) is 0 Å². The molecule has 0 aromatic rings. The summed E-state index contributed by atoms with van der Waals surface area (Å²) in [6, 6.07) is 0. The molecule has 2 N–H and O–H groups in total. The largest absolute Gasteiger partial charge is 0.393 e. The molecule has 13 heavy (non-hydrogen) atoms. The highest BCUT2D eigenvalue weighted by atomic mass is 19.3. The van der Waals surface area contributed by atoms with E-state index in [0.29, 0.717) is 0 Å². The number of hydrogen-bond donors (Lipinski definition) is 2. The molecule has 0 spiro atoms. The molecular formula is C6H9F5O2. The lowest BCUT2D eigenvalue weighted by molar-refractivity contribution is -0.283. The fraction of sp³-hybridized carbons (Fsp3) is 1.00. The molecule has 0 amide bonds. The molecule has 7 heteroatoms. The van der Waals surface area contributed by atoms with Crippen LogP contribution in [0.3, 0.4) is 0 Å². The Balaban J connectivity index is 4.95. The van der Waals surface area contributed by atoms with Crippen molar-refractivity contribution in [2.45, 2.75) is 24.4 Å². The molecule has 0 bridgehead atoms. The predicted molar refractivity (Wildman–Crippen MR) is 33.6 cm³/mol. The van der Waals surface area contributed by atoms with E-state index >= 15 is 0 Å². The Morgan fingerprint density at radius 3 is 1.54 bits per heavy atom. The first kappa shape index (κ1) is 12.6. The Hall–Kier alpha value is -0.430. The van der Waals surface area contributed by atoms with Gasteiger partial charge >= 0.3 is 11.8 Å². The van der Waals surface area contributed by atoms with Gasteiger partial charge in [-0.15, -0.1) is 0 Å². The summed E-state index contributed by atoms with van der Waals surface area (Å²) >= 11 is 0. The highest BCUT2D eigenvalue weighted by Crippen LogP contribution is 2.43. The molecule has 0 aliphatic rings. The highest BCUT2D eigenvalue weighted by molar-refractivity contribution is 4.99. The van der Waals surface area contributed by atoms with Crippen molar-refractivity contribution in [3.63, 3.8) is 0 Å². The monoisotopic (exact) mass is 208 g/mol. The van der Waals surface area contributed by atoms with Crippen molar-refractivity contribution in [2.24, 2.45) is 0 Å². The van der Waals surface area contributed by atoms with Crippen LogP contribution in [0.5, 0.6) is 0 Å². The molecule has 0 aliphatic carbocycles. The smallest absolute Gasteiger partial charge is 0.347 e. The van der Waals surface area contributed by atoms with Crippen molar-refractivity contribution in [1.82, 2.24) is 0 Å².